The van der Waals surface area contributed by atoms with E-state index in [-0.39, 0.29) is 19.1 Å². The molecule has 0 aliphatic heterocycles. The largest absolute Gasteiger partial charge is 0.463 e. The van der Waals surface area contributed by atoms with Gasteiger partial charge >= 0.3 is 5.97 Å². The van der Waals surface area contributed by atoms with Crippen LogP contribution in [0.15, 0.2) is 12.7 Å². The van der Waals surface area contributed by atoms with Gasteiger partial charge < -0.3 is 14.9 Å². The summed E-state index contributed by atoms with van der Waals surface area (Å²) in [4.78, 5) is 11.0. The quantitative estimate of drug-likeness (QED) is 0.534. The van der Waals surface area contributed by atoms with E-state index >= 15 is 0 Å². The minimum atomic E-state index is -0.590. The van der Waals surface area contributed by atoms with Crippen LogP contribution in [-0.4, -0.2) is 35.5 Å². The lowest BCUT2D eigenvalue weighted by Gasteiger charge is -2.44. The molecule has 1 aliphatic carbocycles. The van der Waals surface area contributed by atoms with E-state index in [0.717, 1.165) is 18.9 Å². The molecule has 0 aromatic rings. The van der Waals surface area contributed by atoms with Crippen molar-refractivity contribution in [2.24, 2.45) is 17.3 Å². The number of aliphatic hydroxyl groups is 2. The van der Waals surface area contributed by atoms with Crippen molar-refractivity contribution in [2.75, 3.05) is 13.2 Å². The smallest absolute Gasteiger partial charge is 0.330 e. The Morgan fingerprint density at radius 2 is 2.05 bits per heavy atom. The Bertz CT molecular complexity index is 336. The van der Waals surface area contributed by atoms with Gasteiger partial charge in [-0.1, -0.05) is 39.7 Å². The number of ether oxygens (including phenoxy) is 1. The highest BCUT2D eigenvalue weighted by atomic mass is 16.5. The molecular formula is C17H30O4. The van der Waals surface area contributed by atoms with E-state index in [1.54, 1.807) is 0 Å². The molecular weight excluding hydrogens is 268 g/mol. The number of hydrogen-bond donors (Lipinski definition) is 2. The first-order chi connectivity index (χ1) is 9.95. The van der Waals surface area contributed by atoms with Crippen molar-refractivity contribution in [1.82, 2.24) is 0 Å². The van der Waals surface area contributed by atoms with Crippen molar-refractivity contribution in [3.8, 4) is 0 Å². The van der Waals surface area contributed by atoms with E-state index in [2.05, 4.69) is 6.58 Å². The molecule has 0 aromatic carbocycles. The number of rotatable bonds is 8. The Morgan fingerprint density at radius 3 is 2.57 bits per heavy atom. The molecule has 0 spiro atoms. The van der Waals surface area contributed by atoms with Crippen molar-refractivity contribution >= 4 is 5.97 Å². The summed E-state index contributed by atoms with van der Waals surface area (Å²) in [7, 11) is 0. The van der Waals surface area contributed by atoms with Gasteiger partial charge in [-0.25, -0.2) is 4.79 Å². The second-order valence-electron chi connectivity index (χ2n) is 6.58. The fourth-order valence-corrected chi connectivity index (χ4v) is 3.44. The van der Waals surface area contributed by atoms with E-state index in [1.165, 1.54) is 19.3 Å². The molecule has 0 amide bonds. The minimum Gasteiger partial charge on any atom is -0.463 e. The van der Waals surface area contributed by atoms with Crippen LogP contribution in [0.5, 0.6) is 0 Å². The zero-order valence-electron chi connectivity index (χ0n) is 13.4. The molecule has 122 valence electrons. The topological polar surface area (TPSA) is 66.8 Å². The second kappa shape index (κ2) is 8.54. The van der Waals surface area contributed by atoms with E-state index in [1.807, 2.05) is 13.8 Å². The average Bonchev–Trinajstić information content (AvgIpc) is 2.53. The first-order valence-electron chi connectivity index (χ1n) is 8.03. The first-order valence-corrected chi connectivity index (χ1v) is 8.03. The Hall–Kier alpha value is -0.870. The zero-order valence-corrected chi connectivity index (χ0v) is 13.4. The summed E-state index contributed by atoms with van der Waals surface area (Å²) >= 11 is 0. The van der Waals surface area contributed by atoms with Gasteiger partial charge in [0, 0.05) is 11.5 Å². The maximum atomic E-state index is 11.0. The van der Waals surface area contributed by atoms with Gasteiger partial charge in [-0.15, -0.1) is 0 Å². The van der Waals surface area contributed by atoms with Crippen molar-refractivity contribution in [3.63, 3.8) is 0 Å². The highest BCUT2D eigenvalue weighted by Crippen LogP contribution is 2.43. The van der Waals surface area contributed by atoms with Crippen LogP contribution in [0.3, 0.4) is 0 Å². The molecule has 3 unspecified atom stereocenters. The van der Waals surface area contributed by atoms with Crippen molar-refractivity contribution in [1.29, 1.82) is 0 Å². The Morgan fingerprint density at radius 1 is 1.43 bits per heavy atom. The van der Waals surface area contributed by atoms with Crippen LogP contribution < -0.4 is 0 Å². The number of carbonyl (C=O) groups excluding carboxylic acids is 1. The Labute approximate surface area is 128 Å². The predicted molar refractivity (Wildman–Crippen MR) is 82.7 cm³/mol. The molecule has 4 heteroatoms. The van der Waals surface area contributed by atoms with Crippen LogP contribution in [0.1, 0.15) is 52.4 Å². The van der Waals surface area contributed by atoms with Gasteiger partial charge in [0.2, 0.25) is 0 Å². The first kappa shape index (κ1) is 18.2. The van der Waals surface area contributed by atoms with Crippen molar-refractivity contribution < 1.29 is 19.7 Å². The molecule has 0 saturated heterocycles. The SMILES string of the molecule is C=CC(=O)OCCC(C)C(O)C(C)(CO)C1CCCCC1. The lowest BCUT2D eigenvalue weighted by molar-refractivity contribution is -0.139. The fourth-order valence-electron chi connectivity index (χ4n) is 3.44. The molecule has 1 fully saturated rings. The van der Waals surface area contributed by atoms with Crippen LogP contribution in [0, 0.1) is 17.3 Å². The molecule has 0 bridgehead atoms. The third-order valence-corrected chi connectivity index (χ3v) is 5.08. The molecule has 21 heavy (non-hydrogen) atoms. The van der Waals surface area contributed by atoms with Crippen LogP contribution in [-0.2, 0) is 9.53 Å². The van der Waals surface area contributed by atoms with E-state index in [0.29, 0.717) is 12.3 Å². The summed E-state index contributed by atoms with van der Waals surface area (Å²) < 4.78 is 4.97. The summed E-state index contributed by atoms with van der Waals surface area (Å²) in [5.74, 6) is -0.0972. The zero-order chi connectivity index (χ0) is 15.9. The van der Waals surface area contributed by atoms with E-state index in [9.17, 15) is 15.0 Å². The monoisotopic (exact) mass is 298 g/mol. The Balaban J connectivity index is 2.57. The predicted octanol–water partition coefficient (Wildman–Crippen LogP) is 2.68. The maximum absolute atomic E-state index is 11.0. The summed E-state index contributed by atoms with van der Waals surface area (Å²) in [6.07, 6.45) is 6.90. The van der Waals surface area contributed by atoms with Crippen molar-refractivity contribution in [2.45, 2.75) is 58.5 Å². The highest BCUT2D eigenvalue weighted by Gasteiger charge is 2.42. The standard InChI is InChI=1S/C17H30O4/c1-4-15(19)21-11-10-13(2)16(20)17(3,12-18)14-8-6-5-7-9-14/h4,13-14,16,18,20H,1,5-12H2,2-3H3. The molecule has 4 nitrogen and oxygen atoms in total. The highest BCUT2D eigenvalue weighted by molar-refractivity contribution is 5.81. The van der Waals surface area contributed by atoms with Gasteiger partial charge in [-0.2, -0.15) is 0 Å². The molecule has 0 aromatic heterocycles. The number of aliphatic hydroxyl groups excluding tert-OH is 2. The number of hydrogen-bond acceptors (Lipinski definition) is 4. The van der Waals surface area contributed by atoms with Crippen LogP contribution >= 0.6 is 0 Å². The summed E-state index contributed by atoms with van der Waals surface area (Å²) in [6.45, 7) is 7.55. The molecule has 0 radical (unpaired) electrons. The van der Waals surface area contributed by atoms with Gasteiger partial charge in [-0.05, 0) is 31.1 Å². The van der Waals surface area contributed by atoms with Crippen molar-refractivity contribution in [3.05, 3.63) is 12.7 Å². The van der Waals surface area contributed by atoms with Crippen LogP contribution in [0.2, 0.25) is 0 Å². The third kappa shape index (κ3) is 4.82. The normalized spacial score (nSPS) is 22.1. The van der Waals surface area contributed by atoms with Gasteiger partial charge in [0.15, 0.2) is 0 Å². The fraction of sp³-hybridized carbons (Fsp3) is 0.824. The lowest BCUT2D eigenvalue weighted by Crippen LogP contribution is -2.46. The molecule has 2 N–H and O–H groups in total. The van der Waals surface area contributed by atoms with Crippen LogP contribution in [0.4, 0.5) is 0 Å². The van der Waals surface area contributed by atoms with E-state index in [4.69, 9.17) is 4.74 Å². The average molecular weight is 298 g/mol. The van der Waals surface area contributed by atoms with Gasteiger partial charge in [0.05, 0.1) is 19.3 Å². The van der Waals surface area contributed by atoms with Gasteiger partial charge in [-0.3, -0.25) is 0 Å². The minimum absolute atomic E-state index is 0.00435. The summed E-state index contributed by atoms with van der Waals surface area (Å²) in [5, 5.41) is 20.5. The second-order valence-corrected chi connectivity index (χ2v) is 6.58. The Kier molecular flexibility index (Phi) is 7.40. The van der Waals surface area contributed by atoms with Gasteiger partial charge in [0.25, 0.3) is 0 Å². The van der Waals surface area contributed by atoms with Gasteiger partial charge in [0.1, 0.15) is 0 Å². The summed E-state index contributed by atoms with van der Waals surface area (Å²) in [5.41, 5.74) is -0.470. The number of carbonyl (C=O) groups is 1. The summed E-state index contributed by atoms with van der Waals surface area (Å²) in [6, 6.07) is 0. The molecule has 1 aliphatic rings. The van der Waals surface area contributed by atoms with E-state index < -0.39 is 17.5 Å². The van der Waals surface area contributed by atoms with Crippen LogP contribution in [0.25, 0.3) is 0 Å². The molecule has 1 saturated carbocycles. The number of esters is 1. The molecule has 1 rings (SSSR count). The lowest BCUT2D eigenvalue weighted by atomic mass is 9.64. The molecule has 3 atom stereocenters. The maximum Gasteiger partial charge on any atom is 0.330 e. The molecule has 0 heterocycles. The third-order valence-electron chi connectivity index (χ3n) is 5.08.